The molecular formula is C16H21NO4. The van der Waals surface area contributed by atoms with Gasteiger partial charge in [0.15, 0.2) is 0 Å². The van der Waals surface area contributed by atoms with Crippen molar-refractivity contribution < 1.29 is 19.1 Å². The molecule has 0 aliphatic carbocycles. The van der Waals surface area contributed by atoms with Gasteiger partial charge in [-0.25, -0.2) is 4.79 Å². The maximum atomic E-state index is 12.1. The van der Waals surface area contributed by atoms with Gasteiger partial charge >= 0.3 is 5.97 Å². The van der Waals surface area contributed by atoms with Crippen molar-refractivity contribution in [1.29, 1.82) is 0 Å². The molecule has 1 fully saturated rings. The van der Waals surface area contributed by atoms with Gasteiger partial charge in [0.05, 0.1) is 19.6 Å². The lowest BCUT2D eigenvalue weighted by Gasteiger charge is -2.18. The van der Waals surface area contributed by atoms with Crippen molar-refractivity contribution in [2.75, 3.05) is 20.3 Å². The van der Waals surface area contributed by atoms with Gasteiger partial charge in [-0.05, 0) is 18.9 Å². The average molecular weight is 291 g/mol. The lowest BCUT2D eigenvalue weighted by molar-refractivity contribution is -0.145. The zero-order valence-corrected chi connectivity index (χ0v) is 12.4. The number of carbonyl (C=O) groups is 2. The third-order valence-electron chi connectivity index (χ3n) is 3.62. The summed E-state index contributed by atoms with van der Waals surface area (Å²) in [4.78, 5) is 24.0. The summed E-state index contributed by atoms with van der Waals surface area (Å²) in [6.07, 6.45) is 1.12. The fraction of sp³-hybridized carbons (Fsp3) is 0.500. The quantitative estimate of drug-likeness (QED) is 0.829. The highest BCUT2D eigenvalue weighted by atomic mass is 16.5. The summed E-state index contributed by atoms with van der Waals surface area (Å²) in [6.45, 7) is 3.01. The number of rotatable bonds is 5. The van der Waals surface area contributed by atoms with Crippen LogP contribution in [0.4, 0.5) is 0 Å². The van der Waals surface area contributed by atoms with Crippen LogP contribution in [-0.2, 0) is 25.5 Å². The second-order valence-electron chi connectivity index (χ2n) is 5.34. The number of ether oxygens (including phenoxy) is 2. The zero-order chi connectivity index (χ0) is 15.2. The second kappa shape index (κ2) is 7.22. The molecule has 114 valence electrons. The number of aryl methyl sites for hydroxylation is 1. The molecule has 21 heavy (non-hydrogen) atoms. The largest absolute Gasteiger partial charge is 0.467 e. The average Bonchev–Trinajstić information content (AvgIpc) is 3.00. The highest BCUT2D eigenvalue weighted by Gasteiger charge is 2.28. The highest BCUT2D eigenvalue weighted by Crippen LogP contribution is 2.14. The molecule has 1 aliphatic heterocycles. The molecule has 0 saturated carbocycles. The molecule has 1 saturated heterocycles. The van der Waals surface area contributed by atoms with Crippen LogP contribution in [0.3, 0.4) is 0 Å². The molecule has 1 amide bonds. The molecule has 0 radical (unpaired) electrons. The maximum absolute atomic E-state index is 12.1. The van der Waals surface area contributed by atoms with Gasteiger partial charge in [0.1, 0.15) is 6.04 Å². The topological polar surface area (TPSA) is 64.6 Å². The predicted molar refractivity (Wildman–Crippen MR) is 77.8 cm³/mol. The number of methoxy groups -OCH3 is 1. The molecule has 1 aliphatic rings. The summed E-state index contributed by atoms with van der Waals surface area (Å²) in [5.41, 5.74) is 2.11. The van der Waals surface area contributed by atoms with Gasteiger partial charge in [-0.15, -0.1) is 0 Å². The van der Waals surface area contributed by atoms with Gasteiger partial charge < -0.3 is 14.8 Å². The van der Waals surface area contributed by atoms with E-state index in [9.17, 15) is 9.59 Å². The molecule has 1 aromatic rings. The number of esters is 1. The van der Waals surface area contributed by atoms with Crippen LogP contribution in [0.25, 0.3) is 0 Å². The lowest BCUT2D eigenvalue weighted by Crippen LogP contribution is -2.45. The van der Waals surface area contributed by atoms with Gasteiger partial charge in [-0.1, -0.05) is 29.8 Å². The summed E-state index contributed by atoms with van der Waals surface area (Å²) in [5, 5.41) is 2.78. The summed E-state index contributed by atoms with van der Waals surface area (Å²) in [6, 6.07) is 7.20. The van der Waals surface area contributed by atoms with Gasteiger partial charge in [0.2, 0.25) is 5.91 Å². The summed E-state index contributed by atoms with van der Waals surface area (Å²) >= 11 is 0. The first-order valence-electron chi connectivity index (χ1n) is 7.11. The highest BCUT2D eigenvalue weighted by molar-refractivity contribution is 5.86. The van der Waals surface area contributed by atoms with E-state index < -0.39 is 12.0 Å². The molecule has 0 aromatic heterocycles. The SMILES string of the molecule is COC(=O)[C@H](Cc1cccc(C)c1)NC(=O)[C@H]1CCOC1. The van der Waals surface area contributed by atoms with Crippen LogP contribution in [0.2, 0.25) is 0 Å². The van der Waals surface area contributed by atoms with Crippen molar-refractivity contribution in [3.63, 3.8) is 0 Å². The minimum Gasteiger partial charge on any atom is -0.467 e. The summed E-state index contributed by atoms with van der Waals surface area (Å²) in [5.74, 6) is -0.742. The molecule has 1 N–H and O–H groups in total. The van der Waals surface area contributed by atoms with Crippen molar-refractivity contribution in [3.05, 3.63) is 35.4 Å². The molecule has 1 heterocycles. The molecule has 5 nitrogen and oxygen atoms in total. The van der Waals surface area contributed by atoms with Crippen LogP contribution in [0, 0.1) is 12.8 Å². The van der Waals surface area contributed by atoms with Crippen LogP contribution < -0.4 is 5.32 Å². The van der Waals surface area contributed by atoms with Crippen molar-refractivity contribution in [3.8, 4) is 0 Å². The van der Waals surface area contributed by atoms with Crippen molar-refractivity contribution in [2.24, 2.45) is 5.92 Å². The number of hydrogen-bond donors (Lipinski definition) is 1. The first-order valence-corrected chi connectivity index (χ1v) is 7.11. The maximum Gasteiger partial charge on any atom is 0.328 e. The number of nitrogens with one attached hydrogen (secondary N) is 1. The van der Waals surface area contributed by atoms with E-state index in [-0.39, 0.29) is 11.8 Å². The van der Waals surface area contributed by atoms with Crippen molar-refractivity contribution >= 4 is 11.9 Å². The summed E-state index contributed by atoms with van der Waals surface area (Å²) in [7, 11) is 1.33. The van der Waals surface area contributed by atoms with E-state index in [0.29, 0.717) is 26.1 Å². The fourth-order valence-electron chi connectivity index (χ4n) is 2.44. The van der Waals surface area contributed by atoms with Crippen LogP contribution in [-0.4, -0.2) is 38.2 Å². The van der Waals surface area contributed by atoms with Gasteiger partial charge in [0.25, 0.3) is 0 Å². The molecule has 5 heteroatoms. The second-order valence-corrected chi connectivity index (χ2v) is 5.34. The van der Waals surface area contributed by atoms with Gasteiger partial charge in [-0.3, -0.25) is 4.79 Å². The Bertz CT molecular complexity index is 509. The van der Waals surface area contributed by atoms with E-state index in [2.05, 4.69) is 5.32 Å². The van der Waals surface area contributed by atoms with Gasteiger partial charge in [-0.2, -0.15) is 0 Å². The minimum absolute atomic E-state index is 0.143. The Morgan fingerprint density at radius 3 is 2.90 bits per heavy atom. The van der Waals surface area contributed by atoms with Crippen LogP contribution >= 0.6 is 0 Å². The summed E-state index contributed by atoms with van der Waals surface area (Å²) < 4.78 is 10.00. The Morgan fingerprint density at radius 2 is 2.29 bits per heavy atom. The van der Waals surface area contributed by atoms with E-state index >= 15 is 0 Å². The molecule has 2 atom stereocenters. The monoisotopic (exact) mass is 291 g/mol. The zero-order valence-electron chi connectivity index (χ0n) is 12.4. The van der Waals surface area contributed by atoms with E-state index in [4.69, 9.17) is 9.47 Å². The lowest BCUT2D eigenvalue weighted by atomic mass is 10.0. The van der Waals surface area contributed by atoms with Crippen molar-refractivity contribution in [1.82, 2.24) is 5.32 Å². The van der Waals surface area contributed by atoms with Crippen LogP contribution in [0.15, 0.2) is 24.3 Å². The normalized spacial score (nSPS) is 19.0. The Labute approximate surface area is 124 Å². The van der Waals surface area contributed by atoms with Crippen LogP contribution in [0.5, 0.6) is 0 Å². The number of carbonyl (C=O) groups excluding carboxylic acids is 2. The molecule has 0 bridgehead atoms. The fourth-order valence-corrected chi connectivity index (χ4v) is 2.44. The first kappa shape index (κ1) is 15.5. The molecule has 0 unspecified atom stereocenters. The molecule has 1 aromatic carbocycles. The van der Waals surface area contributed by atoms with Crippen molar-refractivity contribution in [2.45, 2.75) is 25.8 Å². The van der Waals surface area contributed by atoms with E-state index in [1.807, 2.05) is 31.2 Å². The van der Waals surface area contributed by atoms with Gasteiger partial charge in [0, 0.05) is 13.0 Å². The first-order chi connectivity index (χ1) is 10.1. The van der Waals surface area contributed by atoms with E-state index in [1.165, 1.54) is 7.11 Å². The number of amides is 1. The van der Waals surface area contributed by atoms with E-state index in [1.54, 1.807) is 0 Å². The predicted octanol–water partition coefficient (Wildman–Crippen LogP) is 1.23. The molecule has 0 spiro atoms. The smallest absolute Gasteiger partial charge is 0.328 e. The number of hydrogen-bond acceptors (Lipinski definition) is 4. The Balaban J connectivity index is 2.03. The van der Waals surface area contributed by atoms with Crippen LogP contribution in [0.1, 0.15) is 17.5 Å². The Kier molecular flexibility index (Phi) is 5.33. The Hall–Kier alpha value is -1.88. The Morgan fingerprint density at radius 1 is 1.48 bits per heavy atom. The van der Waals surface area contributed by atoms with E-state index in [0.717, 1.165) is 11.1 Å². The third kappa shape index (κ3) is 4.29. The third-order valence-corrected chi connectivity index (χ3v) is 3.62. The molecule has 2 rings (SSSR count). The molecular weight excluding hydrogens is 270 g/mol. The number of benzene rings is 1. The standard InChI is InChI=1S/C16H21NO4/c1-11-4-3-5-12(8-11)9-14(16(19)20-2)17-15(18)13-6-7-21-10-13/h3-5,8,13-14H,6-7,9-10H2,1-2H3,(H,17,18)/t13-,14-/m0/s1. The minimum atomic E-state index is -0.662.